The number of nitriles is 1. The average Bonchev–Trinajstić information content (AvgIpc) is 3.12. The van der Waals surface area contributed by atoms with Crippen LogP contribution in [-0.4, -0.2) is 19.2 Å². The Bertz CT molecular complexity index is 839. The zero-order chi connectivity index (χ0) is 18.5. The van der Waals surface area contributed by atoms with Gasteiger partial charge in [-0.3, -0.25) is 4.79 Å². The molecule has 1 amide bonds. The average molecular weight is 350 g/mol. The van der Waals surface area contributed by atoms with Crippen LogP contribution in [0.25, 0.3) is 11.1 Å². The van der Waals surface area contributed by atoms with Crippen LogP contribution in [-0.2, 0) is 4.79 Å². The van der Waals surface area contributed by atoms with Crippen molar-refractivity contribution in [3.63, 3.8) is 0 Å². The van der Waals surface area contributed by atoms with Gasteiger partial charge in [-0.25, -0.2) is 0 Å². The lowest BCUT2D eigenvalue weighted by molar-refractivity contribution is -0.122. The van der Waals surface area contributed by atoms with Gasteiger partial charge in [0.15, 0.2) is 11.5 Å². The first-order chi connectivity index (χ1) is 12.6. The van der Waals surface area contributed by atoms with Gasteiger partial charge in [-0.1, -0.05) is 44.2 Å². The summed E-state index contributed by atoms with van der Waals surface area (Å²) in [5, 5.41) is 11.4. The summed E-state index contributed by atoms with van der Waals surface area (Å²) >= 11 is 0. The normalized spacial score (nSPS) is 13.3. The van der Waals surface area contributed by atoms with Crippen molar-refractivity contribution < 1.29 is 14.3 Å². The Morgan fingerprint density at radius 1 is 1.15 bits per heavy atom. The number of carbonyl (C=O) groups excluding carboxylic acids is 1. The molecule has 1 heterocycles. The van der Waals surface area contributed by atoms with Gasteiger partial charge in [0, 0.05) is 0 Å². The molecule has 0 spiro atoms. The fourth-order valence-electron chi connectivity index (χ4n) is 3.13. The largest absolute Gasteiger partial charge is 0.454 e. The molecule has 134 valence electrons. The number of hydrogen-bond acceptors (Lipinski definition) is 4. The van der Waals surface area contributed by atoms with Crippen LogP contribution in [0.4, 0.5) is 0 Å². The van der Waals surface area contributed by atoms with Crippen molar-refractivity contribution in [1.82, 2.24) is 5.32 Å². The molecule has 0 fully saturated rings. The Morgan fingerprint density at radius 3 is 2.69 bits per heavy atom. The molecule has 1 unspecified atom stereocenters. The highest BCUT2D eigenvalue weighted by atomic mass is 16.7. The van der Waals surface area contributed by atoms with E-state index in [9.17, 15) is 4.79 Å². The molecule has 0 aromatic heterocycles. The van der Waals surface area contributed by atoms with Crippen LogP contribution in [0.1, 0.15) is 31.7 Å². The Hall–Kier alpha value is -3.00. The summed E-state index contributed by atoms with van der Waals surface area (Å²) in [7, 11) is 0. The molecular weight excluding hydrogens is 328 g/mol. The Kier molecular flexibility index (Phi) is 5.43. The monoisotopic (exact) mass is 350 g/mol. The minimum atomic E-state index is -0.280. The lowest BCUT2D eigenvalue weighted by atomic mass is 9.88. The molecule has 2 aromatic carbocycles. The molecule has 0 aliphatic carbocycles. The molecule has 5 nitrogen and oxygen atoms in total. The highest BCUT2D eigenvalue weighted by molar-refractivity contribution is 5.84. The second-order valence-corrected chi connectivity index (χ2v) is 6.75. The van der Waals surface area contributed by atoms with E-state index in [0.717, 1.165) is 34.6 Å². The predicted molar refractivity (Wildman–Crippen MR) is 98.8 cm³/mol. The minimum absolute atomic E-state index is 0.0231. The van der Waals surface area contributed by atoms with Gasteiger partial charge in [-0.2, -0.15) is 5.26 Å². The summed E-state index contributed by atoms with van der Waals surface area (Å²) in [5.41, 5.74) is 2.98. The van der Waals surface area contributed by atoms with Crippen LogP contribution in [0.3, 0.4) is 0 Å². The van der Waals surface area contributed by atoms with E-state index >= 15 is 0 Å². The molecule has 0 bridgehead atoms. The summed E-state index contributed by atoms with van der Waals surface area (Å²) in [6.07, 6.45) is 0.724. The van der Waals surface area contributed by atoms with E-state index in [4.69, 9.17) is 14.7 Å². The maximum absolute atomic E-state index is 12.5. The number of carbonyl (C=O) groups is 1. The van der Waals surface area contributed by atoms with Crippen molar-refractivity contribution in [3.8, 4) is 28.7 Å². The van der Waals surface area contributed by atoms with Crippen molar-refractivity contribution in [2.75, 3.05) is 13.3 Å². The fraction of sp³-hybridized carbons (Fsp3) is 0.333. The second-order valence-electron chi connectivity index (χ2n) is 6.75. The maximum Gasteiger partial charge on any atom is 0.231 e. The smallest absolute Gasteiger partial charge is 0.231 e. The molecule has 3 rings (SSSR count). The highest BCUT2D eigenvalue weighted by Crippen LogP contribution is 2.36. The third-order valence-corrected chi connectivity index (χ3v) is 4.36. The zero-order valence-corrected chi connectivity index (χ0v) is 15.0. The molecule has 26 heavy (non-hydrogen) atoms. The van der Waals surface area contributed by atoms with Crippen molar-refractivity contribution >= 4 is 5.91 Å². The van der Waals surface area contributed by atoms with Gasteiger partial charge >= 0.3 is 0 Å². The van der Waals surface area contributed by atoms with Crippen molar-refractivity contribution in [2.24, 2.45) is 5.92 Å². The standard InChI is InChI=1S/C21H22N2O3/c1-14(2)10-18(21(24)23-9-8-22)17-5-3-4-15(11-17)16-6-7-19-20(12-16)26-13-25-19/h3-7,11-12,14,18H,9-10,13H2,1-2H3,(H,23,24). The summed E-state index contributed by atoms with van der Waals surface area (Å²) in [6, 6.07) is 15.8. The van der Waals surface area contributed by atoms with E-state index in [1.54, 1.807) is 0 Å². The molecule has 1 aliphatic heterocycles. The first kappa shape index (κ1) is 17.8. The number of hydrogen-bond donors (Lipinski definition) is 1. The Morgan fingerprint density at radius 2 is 1.92 bits per heavy atom. The van der Waals surface area contributed by atoms with Crippen LogP contribution < -0.4 is 14.8 Å². The Labute approximate surface area is 153 Å². The number of benzene rings is 2. The second kappa shape index (κ2) is 7.92. The minimum Gasteiger partial charge on any atom is -0.454 e. The summed E-state index contributed by atoms with van der Waals surface area (Å²) in [4.78, 5) is 12.5. The van der Waals surface area contributed by atoms with Gasteiger partial charge in [0.1, 0.15) is 6.54 Å². The maximum atomic E-state index is 12.5. The van der Waals surface area contributed by atoms with E-state index in [0.29, 0.717) is 5.92 Å². The highest BCUT2D eigenvalue weighted by Gasteiger charge is 2.22. The lowest BCUT2D eigenvalue weighted by Gasteiger charge is -2.19. The molecule has 0 saturated carbocycles. The first-order valence-corrected chi connectivity index (χ1v) is 8.73. The molecule has 1 aliphatic rings. The van der Waals surface area contributed by atoms with E-state index in [1.807, 2.05) is 48.5 Å². The molecular formula is C21H22N2O3. The van der Waals surface area contributed by atoms with E-state index in [-0.39, 0.29) is 25.2 Å². The van der Waals surface area contributed by atoms with Crippen molar-refractivity contribution in [2.45, 2.75) is 26.2 Å². The van der Waals surface area contributed by atoms with Gasteiger partial charge in [0.05, 0.1) is 12.0 Å². The van der Waals surface area contributed by atoms with Gasteiger partial charge in [0.25, 0.3) is 0 Å². The van der Waals surface area contributed by atoms with Crippen LogP contribution in [0.2, 0.25) is 0 Å². The van der Waals surface area contributed by atoms with Crippen LogP contribution >= 0.6 is 0 Å². The third kappa shape index (κ3) is 3.97. The molecule has 1 N–H and O–H groups in total. The summed E-state index contributed by atoms with van der Waals surface area (Å²) in [5.74, 6) is 1.46. The van der Waals surface area contributed by atoms with Crippen molar-refractivity contribution in [3.05, 3.63) is 48.0 Å². The van der Waals surface area contributed by atoms with Crippen molar-refractivity contribution in [1.29, 1.82) is 5.26 Å². The number of ether oxygens (including phenoxy) is 2. The SMILES string of the molecule is CC(C)CC(C(=O)NCC#N)c1cccc(-c2ccc3c(c2)OCO3)c1. The molecule has 5 heteroatoms. The number of nitrogens with one attached hydrogen (secondary N) is 1. The number of fused-ring (bicyclic) bond motifs is 1. The first-order valence-electron chi connectivity index (χ1n) is 8.73. The van der Waals surface area contributed by atoms with Crippen LogP contribution in [0, 0.1) is 17.2 Å². The van der Waals surface area contributed by atoms with Gasteiger partial charge in [-0.15, -0.1) is 0 Å². The molecule has 0 radical (unpaired) electrons. The molecule has 1 atom stereocenters. The van der Waals surface area contributed by atoms with Crippen LogP contribution in [0.5, 0.6) is 11.5 Å². The number of nitrogens with zero attached hydrogens (tertiary/aromatic N) is 1. The summed E-state index contributed by atoms with van der Waals surface area (Å²) < 4.78 is 10.8. The summed E-state index contributed by atoms with van der Waals surface area (Å²) in [6.45, 7) is 4.45. The molecule has 0 saturated heterocycles. The number of amides is 1. The quantitative estimate of drug-likeness (QED) is 0.803. The zero-order valence-electron chi connectivity index (χ0n) is 15.0. The lowest BCUT2D eigenvalue weighted by Crippen LogP contribution is -2.30. The van der Waals surface area contributed by atoms with E-state index < -0.39 is 0 Å². The van der Waals surface area contributed by atoms with Gasteiger partial charge in [-0.05, 0) is 41.2 Å². The third-order valence-electron chi connectivity index (χ3n) is 4.36. The fourth-order valence-corrected chi connectivity index (χ4v) is 3.13. The van der Waals surface area contributed by atoms with E-state index in [1.165, 1.54) is 0 Å². The van der Waals surface area contributed by atoms with Gasteiger partial charge < -0.3 is 14.8 Å². The Balaban J connectivity index is 1.90. The number of rotatable bonds is 6. The van der Waals surface area contributed by atoms with Crippen LogP contribution in [0.15, 0.2) is 42.5 Å². The topological polar surface area (TPSA) is 71.4 Å². The molecule has 2 aromatic rings. The predicted octanol–water partition coefficient (Wildman–Crippen LogP) is 3.85. The van der Waals surface area contributed by atoms with Gasteiger partial charge in [0.2, 0.25) is 12.7 Å². The van der Waals surface area contributed by atoms with E-state index in [2.05, 4.69) is 19.2 Å².